The molecule has 11 rings (SSSR count). The molecule has 0 N–H and O–H groups in total. The van der Waals surface area contributed by atoms with Gasteiger partial charge in [-0.2, -0.15) is 26.3 Å². The minimum atomic E-state index is -5.19. The van der Waals surface area contributed by atoms with Crippen molar-refractivity contribution in [3.05, 3.63) is 130 Å². The third-order valence-corrected chi connectivity index (χ3v) is 16.0. The zero-order chi connectivity index (χ0) is 53.7. The van der Waals surface area contributed by atoms with Gasteiger partial charge in [0, 0.05) is 59.0 Å². The number of ether oxygens (including phenoxy) is 2. The molecule has 402 valence electrons. The summed E-state index contributed by atoms with van der Waals surface area (Å²) < 4.78 is 77.6. The molecule has 6 aliphatic heterocycles. The third-order valence-electron chi connectivity index (χ3n) is 14.9. The number of carbonyl (C=O) groups excluding carboxylic acids is 4. The molecule has 7 fully saturated rings. The van der Waals surface area contributed by atoms with Crippen LogP contribution >= 0.6 is 11.3 Å². The molecule has 7 heterocycles. The lowest BCUT2D eigenvalue weighted by molar-refractivity contribution is -0.941. The van der Waals surface area contributed by atoms with Gasteiger partial charge in [-0.3, -0.25) is 4.90 Å². The van der Waals surface area contributed by atoms with Gasteiger partial charge in [-0.05, 0) is 67.7 Å². The lowest BCUT2D eigenvalue weighted by atomic mass is 9.83. The van der Waals surface area contributed by atoms with Gasteiger partial charge in [-0.15, -0.1) is 11.3 Å². The van der Waals surface area contributed by atoms with Crippen LogP contribution < -0.4 is 15.1 Å². The lowest BCUT2D eigenvalue weighted by Crippen LogP contribution is -2.64. The Morgan fingerprint density at radius 1 is 0.676 bits per heavy atom. The number of quaternary nitrogens is 2. The Labute approximate surface area is 432 Å². The van der Waals surface area contributed by atoms with Crippen LogP contribution in [0.5, 0.6) is 0 Å². The molecule has 19 heteroatoms. The van der Waals surface area contributed by atoms with Crippen molar-refractivity contribution in [2.45, 2.75) is 109 Å². The molecule has 12 nitrogen and oxygen atoms in total. The van der Waals surface area contributed by atoms with E-state index in [1.807, 2.05) is 65.9 Å². The van der Waals surface area contributed by atoms with Crippen molar-refractivity contribution < 1.29 is 74.2 Å². The minimum absolute atomic E-state index is 0.0258. The van der Waals surface area contributed by atoms with Crippen LogP contribution in [-0.2, 0) is 32.2 Å². The van der Waals surface area contributed by atoms with E-state index in [2.05, 4.69) is 80.4 Å². The van der Waals surface area contributed by atoms with E-state index in [1.54, 1.807) is 4.90 Å². The summed E-state index contributed by atoms with van der Waals surface area (Å²) in [6, 6.07) is 33.0. The van der Waals surface area contributed by atoms with Gasteiger partial charge in [0.15, 0.2) is 12.2 Å². The number of fused-ring (bicyclic) bond motifs is 6. The summed E-state index contributed by atoms with van der Waals surface area (Å²) in [5.41, 5.74) is 4.52. The van der Waals surface area contributed by atoms with Crippen LogP contribution in [0.3, 0.4) is 0 Å². The first kappa shape index (κ1) is 57.4. The average molecular weight is 1060 g/mol. The Balaban J connectivity index is 0.000000196. The van der Waals surface area contributed by atoms with E-state index in [9.17, 15) is 35.9 Å². The largest absolute Gasteiger partial charge is 0.542 e. The second-order valence-corrected chi connectivity index (χ2v) is 21.6. The zero-order valence-electron chi connectivity index (χ0n) is 42.0. The second-order valence-electron chi connectivity index (χ2n) is 20.2. The fraction of sp³-hybridized carbons (Fsp3) is 0.491. The van der Waals surface area contributed by atoms with E-state index >= 15 is 0 Å². The third kappa shape index (κ3) is 16.5. The van der Waals surface area contributed by atoms with Crippen molar-refractivity contribution >= 4 is 47.2 Å². The van der Waals surface area contributed by atoms with Crippen molar-refractivity contribution in [3.63, 3.8) is 0 Å². The molecular weight excluding hydrogens is 991 g/mol. The van der Waals surface area contributed by atoms with Crippen LogP contribution in [0.25, 0.3) is 6.08 Å². The summed E-state index contributed by atoms with van der Waals surface area (Å²) in [6.45, 7) is 13.3. The molecule has 74 heavy (non-hydrogen) atoms. The number of benzene rings is 3. The number of anilines is 1. The second kappa shape index (κ2) is 25.5. The maximum atomic E-state index is 13.5. The first-order chi connectivity index (χ1) is 35.0. The molecule has 2 amide bonds. The van der Waals surface area contributed by atoms with Gasteiger partial charge < -0.3 is 43.1 Å². The molecule has 4 bridgehead atoms. The molecule has 7 aliphatic rings. The number of aryl methyl sites for hydroxylation is 2. The van der Waals surface area contributed by atoms with Gasteiger partial charge in [-0.1, -0.05) is 97.8 Å². The smallest absolute Gasteiger partial charge is 0.430 e. The van der Waals surface area contributed by atoms with Crippen molar-refractivity contribution in [2.75, 3.05) is 57.8 Å². The molecular formula is C55H66F6N4O8S. The number of amides is 2. The Morgan fingerprint density at radius 2 is 1.16 bits per heavy atom. The van der Waals surface area contributed by atoms with E-state index in [1.165, 1.54) is 72.7 Å². The first-order valence-electron chi connectivity index (χ1n) is 25.1. The summed E-state index contributed by atoms with van der Waals surface area (Å²) in [5, 5.41) is 17.6. The van der Waals surface area contributed by atoms with Crippen molar-refractivity contribution in [3.8, 4) is 0 Å². The number of carbonyl (C=O) groups is 4. The summed E-state index contributed by atoms with van der Waals surface area (Å²) in [4.78, 5) is 50.7. The van der Waals surface area contributed by atoms with Crippen LogP contribution in [-0.4, -0.2) is 121 Å². The predicted molar refractivity (Wildman–Crippen MR) is 265 cm³/mol. The minimum Gasteiger partial charge on any atom is -0.542 e. The highest BCUT2D eigenvalue weighted by Gasteiger charge is 2.48. The van der Waals surface area contributed by atoms with Gasteiger partial charge in [0.25, 0.3) is 0 Å². The van der Waals surface area contributed by atoms with Crippen LogP contribution in [0.2, 0.25) is 0 Å². The number of rotatable bonds is 11. The maximum Gasteiger partial charge on any atom is 0.430 e. The lowest BCUT2D eigenvalue weighted by Gasteiger charge is -2.51. The Kier molecular flexibility index (Phi) is 19.8. The van der Waals surface area contributed by atoms with Crippen molar-refractivity contribution in [1.82, 2.24) is 4.90 Å². The molecule has 3 aromatic carbocycles. The van der Waals surface area contributed by atoms with E-state index in [4.69, 9.17) is 29.3 Å². The van der Waals surface area contributed by atoms with Gasteiger partial charge in [0.05, 0.1) is 52.9 Å². The molecule has 4 aromatic rings. The van der Waals surface area contributed by atoms with E-state index in [0.717, 1.165) is 65.5 Å². The van der Waals surface area contributed by atoms with Crippen LogP contribution in [0, 0.1) is 25.7 Å². The van der Waals surface area contributed by atoms with Crippen LogP contribution in [0.15, 0.2) is 103 Å². The summed E-state index contributed by atoms with van der Waals surface area (Å²) in [6.07, 6.45) is 3.30. The standard InChI is InChI=1S/C30H33N2O2.C21H33N2O2S.2C2HF3O2/c33-30(31(28-16-8-3-9-17-28)23-26-13-6-2-7-14-26)34-29-24-32(21-18-27(29)19-22-32)20-10-15-25-11-4-1-5-12-25;1-15-12-19(26-16(15)2)13-22(18-6-4-5-7-18)21(24)25-20-14-23(3)10-8-17(20)9-11-23;2*3-2(4,5)1(6)7/h1-17,27,29H,18-24H2;12,17-18,20H,4-11,13-14H2,1-3H3;2*(H,6,7)/q2*+1;;/p-2/t27?,29-,32?;17?,20-,23?;;/m00../s1. The number of hydrogen-bond donors (Lipinski definition) is 0. The van der Waals surface area contributed by atoms with E-state index in [0.29, 0.717) is 31.0 Å². The molecule has 0 spiro atoms. The molecule has 0 radical (unpaired) electrons. The Morgan fingerprint density at radius 3 is 1.66 bits per heavy atom. The van der Waals surface area contributed by atoms with Crippen LogP contribution in [0.4, 0.5) is 41.6 Å². The first-order valence-corrected chi connectivity index (χ1v) is 25.9. The Bertz CT molecular complexity index is 2430. The summed E-state index contributed by atoms with van der Waals surface area (Å²) in [7, 11) is 2.32. The topological polar surface area (TPSA) is 139 Å². The number of para-hydroxylation sites is 1. The molecule has 6 saturated heterocycles. The highest BCUT2D eigenvalue weighted by molar-refractivity contribution is 7.12. The van der Waals surface area contributed by atoms with E-state index in [-0.39, 0.29) is 24.4 Å². The quantitative estimate of drug-likeness (QED) is 0.107. The number of piperidine rings is 6. The van der Waals surface area contributed by atoms with Crippen molar-refractivity contribution in [2.24, 2.45) is 11.8 Å². The van der Waals surface area contributed by atoms with Crippen molar-refractivity contribution in [1.29, 1.82) is 0 Å². The molecule has 2 atom stereocenters. The highest BCUT2D eigenvalue weighted by atomic mass is 32.1. The monoisotopic (exact) mass is 1060 g/mol. The number of hydrogen-bond acceptors (Lipinski definition) is 9. The molecule has 1 aliphatic carbocycles. The van der Waals surface area contributed by atoms with E-state index < -0.39 is 24.3 Å². The molecule has 0 unspecified atom stereocenters. The predicted octanol–water partition coefficient (Wildman–Crippen LogP) is 9.23. The Hall–Kier alpha value is -5.92. The maximum absolute atomic E-state index is 13.5. The number of carboxylic acid groups (broad SMARTS) is 2. The molecule has 1 saturated carbocycles. The number of halogens is 6. The van der Waals surface area contributed by atoms with Gasteiger partial charge in [0.1, 0.15) is 25.0 Å². The number of alkyl halides is 6. The van der Waals surface area contributed by atoms with Gasteiger partial charge in [-0.25, -0.2) is 9.59 Å². The number of carboxylic acids is 2. The summed E-state index contributed by atoms with van der Waals surface area (Å²) >= 11 is 1.82. The van der Waals surface area contributed by atoms with Gasteiger partial charge in [0.2, 0.25) is 0 Å². The zero-order valence-corrected chi connectivity index (χ0v) is 42.8. The fourth-order valence-corrected chi connectivity index (χ4v) is 11.6. The fourth-order valence-electron chi connectivity index (χ4n) is 10.5. The number of thiophene rings is 1. The number of aliphatic carboxylic acids is 2. The molecule has 1 aromatic heterocycles. The highest BCUT2D eigenvalue weighted by Crippen LogP contribution is 2.38. The van der Waals surface area contributed by atoms with Gasteiger partial charge >= 0.3 is 24.5 Å². The number of likely N-dealkylation sites (N-methyl/N-ethyl adjacent to an activating group) is 1. The SMILES string of the molecule is Cc1cc(CN(C(=O)O[C@H]2C[N+]3(C)CCC2CC3)C2CCCC2)sc1C.O=C(O[C@H]1C[N+]2(CC=Cc3ccccc3)CCC1CC2)N(Cc1ccccc1)c1ccccc1.O=C([O-])C(F)(F)F.O=C([O-])C(F)(F)F. The summed E-state index contributed by atoms with van der Waals surface area (Å²) in [5.74, 6) is -4.97. The normalized spacial score (nSPS) is 24.0. The average Bonchev–Trinajstić information content (AvgIpc) is 4.02. The van der Waals surface area contributed by atoms with Crippen LogP contribution in [0.1, 0.15) is 77.8 Å². The number of nitrogens with zero attached hydrogens (tertiary/aromatic N) is 4.